The summed E-state index contributed by atoms with van der Waals surface area (Å²) in [5.74, 6) is 0.665. The highest BCUT2D eigenvalue weighted by molar-refractivity contribution is 5.72. The average Bonchev–Trinajstić information content (AvgIpc) is 2.67. The summed E-state index contributed by atoms with van der Waals surface area (Å²) in [6, 6.07) is 7.35. The largest absolute Gasteiger partial charge is 0.497 e. The third-order valence-corrected chi connectivity index (χ3v) is 4.34. The molecular formula is C21H32O5. The SMILES string of the molecule is CCCCC(CC)COC(=O)CCCC(=O)OCc1ccc(OC)cc1. The van der Waals surface area contributed by atoms with Crippen LogP contribution in [0, 0.1) is 5.92 Å². The van der Waals surface area contributed by atoms with Crippen LogP contribution >= 0.6 is 0 Å². The second-order valence-electron chi connectivity index (χ2n) is 6.46. The van der Waals surface area contributed by atoms with Crippen LogP contribution in [0.3, 0.4) is 0 Å². The van der Waals surface area contributed by atoms with Gasteiger partial charge >= 0.3 is 11.9 Å². The second-order valence-corrected chi connectivity index (χ2v) is 6.46. The van der Waals surface area contributed by atoms with Crippen molar-refractivity contribution in [1.82, 2.24) is 0 Å². The molecule has 1 aromatic rings. The molecular weight excluding hydrogens is 332 g/mol. The number of carbonyl (C=O) groups excluding carboxylic acids is 2. The van der Waals surface area contributed by atoms with E-state index in [-0.39, 0.29) is 31.4 Å². The van der Waals surface area contributed by atoms with Crippen molar-refractivity contribution < 1.29 is 23.8 Å². The molecule has 26 heavy (non-hydrogen) atoms. The van der Waals surface area contributed by atoms with Crippen molar-refractivity contribution in [2.24, 2.45) is 5.92 Å². The minimum atomic E-state index is -0.303. The maximum Gasteiger partial charge on any atom is 0.306 e. The van der Waals surface area contributed by atoms with E-state index in [1.165, 1.54) is 0 Å². The van der Waals surface area contributed by atoms with E-state index in [4.69, 9.17) is 14.2 Å². The summed E-state index contributed by atoms with van der Waals surface area (Å²) in [6.45, 7) is 4.99. The van der Waals surface area contributed by atoms with E-state index < -0.39 is 0 Å². The smallest absolute Gasteiger partial charge is 0.306 e. The molecule has 146 valence electrons. The van der Waals surface area contributed by atoms with Gasteiger partial charge in [0.25, 0.3) is 0 Å². The molecule has 1 aromatic carbocycles. The molecule has 0 saturated heterocycles. The molecule has 0 N–H and O–H groups in total. The van der Waals surface area contributed by atoms with Gasteiger partial charge in [0.1, 0.15) is 12.4 Å². The van der Waals surface area contributed by atoms with E-state index in [0.29, 0.717) is 18.9 Å². The van der Waals surface area contributed by atoms with E-state index in [9.17, 15) is 9.59 Å². The lowest BCUT2D eigenvalue weighted by atomic mass is 10.0. The first kappa shape index (κ1) is 22.0. The molecule has 0 amide bonds. The molecule has 0 fully saturated rings. The van der Waals surface area contributed by atoms with Crippen molar-refractivity contribution >= 4 is 11.9 Å². The molecule has 0 aliphatic carbocycles. The highest BCUT2D eigenvalue weighted by Crippen LogP contribution is 2.14. The van der Waals surface area contributed by atoms with Crippen LogP contribution in [0.5, 0.6) is 5.75 Å². The van der Waals surface area contributed by atoms with Gasteiger partial charge in [-0.05, 0) is 36.5 Å². The molecule has 0 aliphatic heterocycles. The van der Waals surface area contributed by atoms with Crippen LogP contribution in [-0.4, -0.2) is 25.7 Å². The predicted molar refractivity (Wildman–Crippen MR) is 101 cm³/mol. The van der Waals surface area contributed by atoms with Crippen molar-refractivity contribution in [3.8, 4) is 5.75 Å². The quantitative estimate of drug-likeness (QED) is 0.476. The Morgan fingerprint density at radius 1 is 0.962 bits per heavy atom. The number of carbonyl (C=O) groups is 2. The Balaban J connectivity index is 2.15. The predicted octanol–water partition coefficient (Wildman–Crippen LogP) is 4.67. The number of hydrogen-bond acceptors (Lipinski definition) is 5. The topological polar surface area (TPSA) is 61.8 Å². The first-order chi connectivity index (χ1) is 12.6. The summed E-state index contributed by atoms with van der Waals surface area (Å²) in [4.78, 5) is 23.5. The van der Waals surface area contributed by atoms with Gasteiger partial charge in [-0.3, -0.25) is 9.59 Å². The molecule has 0 saturated carbocycles. The molecule has 0 aromatic heterocycles. The summed E-state index contributed by atoms with van der Waals surface area (Å²) in [7, 11) is 1.60. The van der Waals surface area contributed by atoms with Gasteiger partial charge in [-0.25, -0.2) is 0 Å². The maximum absolute atomic E-state index is 11.8. The van der Waals surface area contributed by atoms with E-state index in [0.717, 1.165) is 37.0 Å². The number of rotatable bonds is 13. The van der Waals surface area contributed by atoms with Gasteiger partial charge in [-0.15, -0.1) is 0 Å². The van der Waals surface area contributed by atoms with Crippen LogP contribution in [0.4, 0.5) is 0 Å². The number of ether oxygens (including phenoxy) is 3. The van der Waals surface area contributed by atoms with Crippen LogP contribution in [0.15, 0.2) is 24.3 Å². The summed E-state index contributed by atoms with van der Waals surface area (Å²) < 4.78 is 15.6. The summed E-state index contributed by atoms with van der Waals surface area (Å²) in [5.41, 5.74) is 0.899. The lowest BCUT2D eigenvalue weighted by Gasteiger charge is -2.14. The highest BCUT2D eigenvalue weighted by atomic mass is 16.5. The zero-order valence-corrected chi connectivity index (χ0v) is 16.3. The van der Waals surface area contributed by atoms with Gasteiger partial charge in [0, 0.05) is 12.8 Å². The Hall–Kier alpha value is -2.04. The van der Waals surface area contributed by atoms with E-state index >= 15 is 0 Å². The minimum absolute atomic E-state index is 0.221. The molecule has 0 bridgehead atoms. The molecule has 5 nitrogen and oxygen atoms in total. The zero-order valence-electron chi connectivity index (χ0n) is 16.3. The van der Waals surface area contributed by atoms with E-state index in [1.807, 2.05) is 24.3 Å². The van der Waals surface area contributed by atoms with Crippen molar-refractivity contribution in [3.63, 3.8) is 0 Å². The number of methoxy groups -OCH3 is 1. The van der Waals surface area contributed by atoms with E-state index in [1.54, 1.807) is 7.11 Å². The average molecular weight is 364 g/mol. The number of hydrogen-bond donors (Lipinski definition) is 0. The monoisotopic (exact) mass is 364 g/mol. The highest BCUT2D eigenvalue weighted by Gasteiger charge is 2.11. The molecule has 1 atom stereocenters. The summed E-state index contributed by atoms with van der Waals surface area (Å²) in [5, 5.41) is 0. The van der Waals surface area contributed by atoms with Gasteiger partial charge in [-0.1, -0.05) is 45.2 Å². The van der Waals surface area contributed by atoms with Crippen LogP contribution in [-0.2, 0) is 25.7 Å². The minimum Gasteiger partial charge on any atom is -0.497 e. The molecule has 0 radical (unpaired) electrons. The molecule has 5 heteroatoms. The van der Waals surface area contributed by atoms with Crippen molar-refractivity contribution in [1.29, 1.82) is 0 Å². The third kappa shape index (κ3) is 9.44. The van der Waals surface area contributed by atoms with Crippen LogP contribution in [0.1, 0.15) is 64.4 Å². The Morgan fingerprint density at radius 2 is 1.62 bits per heavy atom. The fraction of sp³-hybridized carbons (Fsp3) is 0.619. The van der Waals surface area contributed by atoms with Gasteiger partial charge < -0.3 is 14.2 Å². The van der Waals surface area contributed by atoms with Gasteiger partial charge in [0.2, 0.25) is 0 Å². The number of benzene rings is 1. The zero-order chi connectivity index (χ0) is 19.2. The molecule has 0 spiro atoms. The van der Waals surface area contributed by atoms with Crippen LogP contribution in [0.25, 0.3) is 0 Å². The van der Waals surface area contributed by atoms with Gasteiger partial charge in [-0.2, -0.15) is 0 Å². The first-order valence-electron chi connectivity index (χ1n) is 9.53. The number of esters is 2. The second kappa shape index (κ2) is 13.2. The first-order valence-corrected chi connectivity index (χ1v) is 9.53. The Bertz CT molecular complexity index is 524. The van der Waals surface area contributed by atoms with Crippen molar-refractivity contribution in [2.75, 3.05) is 13.7 Å². The van der Waals surface area contributed by atoms with Gasteiger partial charge in [0.15, 0.2) is 0 Å². The molecule has 0 heterocycles. The lowest BCUT2D eigenvalue weighted by Crippen LogP contribution is -2.14. The Kier molecular flexibility index (Phi) is 11.2. The van der Waals surface area contributed by atoms with Gasteiger partial charge in [0.05, 0.1) is 13.7 Å². The molecule has 1 rings (SSSR count). The van der Waals surface area contributed by atoms with Crippen LogP contribution < -0.4 is 4.74 Å². The lowest BCUT2D eigenvalue weighted by molar-refractivity contribution is -0.146. The summed E-state index contributed by atoms with van der Waals surface area (Å²) >= 11 is 0. The van der Waals surface area contributed by atoms with Crippen molar-refractivity contribution in [3.05, 3.63) is 29.8 Å². The third-order valence-electron chi connectivity index (χ3n) is 4.34. The molecule has 1 unspecified atom stereocenters. The van der Waals surface area contributed by atoms with Crippen molar-refractivity contribution in [2.45, 2.75) is 65.4 Å². The fourth-order valence-electron chi connectivity index (χ4n) is 2.52. The normalized spacial score (nSPS) is 11.7. The summed E-state index contributed by atoms with van der Waals surface area (Å²) in [6.07, 6.45) is 5.36. The Labute approximate surface area is 157 Å². The Morgan fingerprint density at radius 3 is 2.19 bits per heavy atom. The maximum atomic E-state index is 11.8. The van der Waals surface area contributed by atoms with Crippen LogP contribution in [0.2, 0.25) is 0 Å². The number of unbranched alkanes of at least 4 members (excludes halogenated alkanes) is 1. The fourth-order valence-corrected chi connectivity index (χ4v) is 2.52. The standard InChI is InChI=1S/C21H32O5/c1-4-6-8-17(5-2)15-25-20(22)9-7-10-21(23)26-16-18-11-13-19(24-3)14-12-18/h11-14,17H,4-10,15-16H2,1-3H3. The van der Waals surface area contributed by atoms with E-state index in [2.05, 4.69) is 13.8 Å². The molecule has 0 aliphatic rings.